The highest BCUT2D eigenvalue weighted by Crippen LogP contribution is 2.30. The Morgan fingerprint density at radius 3 is 1.42 bits per heavy atom. The number of rotatable bonds is 10. The third kappa shape index (κ3) is 5.63. The summed E-state index contributed by atoms with van der Waals surface area (Å²) in [6, 6.07) is 21.0. The number of hydrogen-bond acceptors (Lipinski definition) is 1. The first-order chi connectivity index (χ1) is 11.7. The van der Waals surface area contributed by atoms with Crippen LogP contribution in [0.25, 0.3) is 0 Å². The summed E-state index contributed by atoms with van der Waals surface area (Å²) >= 11 is 0. The molecule has 2 rings (SSSR count). The van der Waals surface area contributed by atoms with Crippen LogP contribution < -0.4 is 0 Å². The van der Waals surface area contributed by atoms with Gasteiger partial charge in [0.2, 0.25) is 0 Å². The maximum atomic E-state index is 12.8. The van der Waals surface area contributed by atoms with Gasteiger partial charge in [-0.1, -0.05) is 87.4 Å². The molecular weight excluding hydrogens is 292 g/mol. The average Bonchev–Trinajstić information content (AvgIpc) is 2.62. The van der Waals surface area contributed by atoms with Gasteiger partial charge < -0.3 is 0 Å². The highest BCUT2D eigenvalue weighted by Gasteiger charge is 2.19. The second-order valence-corrected chi connectivity index (χ2v) is 6.74. The predicted octanol–water partition coefficient (Wildman–Crippen LogP) is 6.50. The molecule has 0 fully saturated rings. The SMILES string of the molecule is CCCC(CC(=O)CC(CCC)c1ccccc1)c1ccccc1. The van der Waals surface area contributed by atoms with E-state index in [1.165, 1.54) is 11.1 Å². The highest BCUT2D eigenvalue weighted by atomic mass is 16.1. The van der Waals surface area contributed by atoms with Crippen molar-refractivity contribution in [2.75, 3.05) is 0 Å². The molecule has 0 saturated heterocycles. The van der Waals surface area contributed by atoms with Gasteiger partial charge in [-0.3, -0.25) is 4.79 Å². The molecule has 0 aromatic heterocycles. The van der Waals surface area contributed by atoms with Crippen molar-refractivity contribution in [1.82, 2.24) is 0 Å². The number of benzene rings is 2. The Balaban J connectivity index is 2.03. The fourth-order valence-electron chi connectivity index (χ4n) is 3.55. The lowest BCUT2D eigenvalue weighted by atomic mass is 9.84. The van der Waals surface area contributed by atoms with Crippen LogP contribution in [0.15, 0.2) is 60.7 Å². The smallest absolute Gasteiger partial charge is 0.134 e. The van der Waals surface area contributed by atoms with Crippen molar-refractivity contribution in [3.63, 3.8) is 0 Å². The molecule has 24 heavy (non-hydrogen) atoms. The largest absolute Gasteiger partial charge is 0.300 e. The number of hydrogen-bond donors (Lipinski definition) is 0. The van der Waals surface area contributed by atoms with Crippen LogP contribution in [0.3, 0.4) is 0 Å². The van der Waals surface area contributed by atoms with Crippen LogP contribution in [0.2, 0.25) is 0 Å². The maximum Gasteiger partial charge on any atom is 0.134 e. The van der Waals surface area contributed by atoms with Gasteiger partial charge in [-0.15, -0.1) is 0 Å². The number of carbonyl (C=O) groups is 1. The molecule has 1 heteroatoms. The minimum atomic E-state index is 0.363. The Bertz CT molecular complexity index is 534. The van der Waals surface area contributed by atoms with E-state index in [9.17, 15) is 4.79 Å². The van der Waals surface area contributed by atoms with E-state index in [-0.39, 0.29) is 0 Å². The highest BCUT2D eigenvalue weighted by molar-refractivity contribution is 5.80. The number of ketones is 1. The molecular formula is C23H30O. The second kappa shape index (κ2) is 10.1. The van der Waals surface area contributed by atoms with E-state index in [1.807, 2.05) is 12.1 Å². The number of carbonyl (C=O) groups excluding carboxylic acids is 1. The van der Waals surface area contributed by atoms with E-state index in [0.717, 1.165) is 25.7 Å². The van der Waals surface area contributed by atoms with E-state index in [4.69, 9.17) is 0 Å². The molecule has 0 aliphatic heterocycles. The van der Waals surface area contributed by atoms with E-state index < -0.39 is 0 Å². The molecule has 2 aromatic carbocycles. The van der Waals surface area contributed by atoms with Crippen molar-refractivity contribution in [1.29, 1.82) is 0 Å². The molecule has 0 N–H and O–H groups in total. The normalized spacial score (nSPS) is 13.4. The lowest BCUT2D eigenvalue weighted by Crippen LogP contribution is -2.12. The van der Waals surface area contributed by atoms with Crippen LogP contribution in [-0.2, 0) is 4.79 Å². The van der Waals surface area contributed by atoms with Gasteiger partial charge in [0.25, 0.3) is 0 Å². The van der Waals surface area contributed by atoms with Gasteiger partial charge in [0.15, 0.2) is 0 Å². The summed E-state index contributed by atoms with van der Waals surface area (Å²) in [5.41, 5.74) is 2.61. The quantitative estimate of drug-likeness (QED) is 0.487. The third-order valence-electron chi connectivity index (χ3n) is 4.76. The van der Waals surface area contributed by atoms with Crippen molar-refractivity contribution < 1.29 is 4.79 Å². The summed E-state index contributed by atoms with van der Waals surface area (Å²) in [5, 5.41) is 0. The molecule has 0 radical (unpaired) electrons. The van der Waals surface area contributed by atoms with Gasteiger partial charge in [0, 0.05) is 12.8 Å². The molecule has 0 spiro atoms. The van der Waals surface area contributed by atoms with Gasteiger partial charge >= 0.3 is 0 Å². The zero-order chi connectivity index (χ0) is 17.2. The molecule has 0 aliphatic rings. The van der Waals surface area contributed by atoms with Crippen molar-refractivity contribution in [2.24, 2.45) is 0 Å². The fraction of sp³-hybridized carbons (Fsp3) is 0.435. The van der Waals surface area contributed by atoms with Crippen LogP contribution in [0.1, 0.15) is 75.3 Å². The first kappa shape index (κ1) is 18.4. The van der Waals surface area contributed by atoms with Gasteiger partial charge in [0.05, 0.1) is 0 Å². The van der Waals surface area contributed by atoms with Gasteiger partial charge in [-0.05, 0) is 35.8 Å². The molecule has 0 amide bonds. The lowest BCUT2D eigenvalue weighted by Gasteiger charge is -2.19. The molecule has 2 aromatic rings. The molecule has 0 bridgehead atoms. The summed E-state index contributed by atoms with van der Waals surface area (Å²) < 4.78 is 0. The van der Waals surface area contributed by atoms with E-state index in [0.29, 0.717) is 30.5 Å². The summed E-state index contributed by atoms with van der Waals surface area (Å²) in [6.07, 6.45) is 5.74. The van der Waals surface area contributed by atoms with Crippen LogP contribution in [-0.4, -0.2) is 5.78 Å². The first-order valence-electron chi connectivity index (χ1n) is 9.36. The fourth-order valence-corrected chi connectivity index (χ4v) is 3.55. The molecule has 0 aliphatic carbocycles. The summed E-state index contributed by atoms with van der Waals surface area (Å²) in [6.45, 7) is 4.40. The van der Waals surface area contributed by atoms with Gasteiger partial charge in [-0.2, -0.15) is 0 Å². The number of Topliss-reactive ketones (excluding diaryl/α,β-unsaturated/α-hetero) is 1. The third-order valence-corrected chi connectivity index (χ3v) is 4.76. The van der Waals surface area contributed by atoms with E-state index in [1.54, 1.807) is 0 Å². The van der Waals surface area contributed by atoms with Crippen molar-refractivity contribution in [3.8, 4) is 0 Å². The Morgan fingerprint density at radius 1 is 0.708 bits per heavy atom. The Hall–Kier alpha value is -1.89. The topological polar surface area (TPSA) is 17.1 Å². The molecule has 0 heterocycles. The molecule has 128 valence electrons. The molecule has 2 atom stereocenters. The molecule has 0 saturated carbocycles. The minimum absolute atomic E-state index is 0.363. The Kier molecular flexibility index (Phi) is 7.74. The zero-order valence-electron chi connectivity index (χ0n) is 15.1. The van der Waals surface area contributed by atoms with Crippen LogP contribution in [0.4, 0.5) is 0 Å². The van der Waals surface area contributed by atoms with Crippen LogP contribution >= 0.6 is 0 Å². The lowest BCUT2D eigenvalue weighted by molar-refractivity contribution is -0.119. The first-order valence-corrected chi connectivity index (χ1v) is 9.36. The summed E-state index contributed by atoms with van der Waals surface area (Å²) in [7, 11) is 0. The van der Waals surface area contributed by atoms with Crippen LogP contribution in [0, 0.1) is 0 Å². The van der Waals surface area contributed by atoms with Gasteiger partial charge in [-0.25, -0.2) is 0 Å². The van der Waals surface area contributed by atoms with E-state index in [2.05, 4.69) is 62.4 Å². The standard InChI is InChI=1S/C23H30O/c1-3-11-21(19-13-7-5-8-14-19)17-23(24)18-22(12-4-2)20-15-9-6-10-16-20/h5-10,13-16,21-22H,3-4,11-12,17-18H2,1-2H3. The summed E-state index contributed by atoms with van der Waals surface area (Å²) in [5.74, 6) is 1.13. The van der Waals surface area contributed by atoms with Crippen molar-refractivity contribution in [3.05, 3.63) is 71.8 Å². The maximum absolute atomic E-state index is 12.8. The van der Waals surface area contributed by atoms with Gasteiger partial charge in [0.1, 0.15) is 5.78 Å². The predicted molar refractivity (Wildman–Crippen MR) is 102 cm³/mol. The monoisotopic (exact) mass is 322 g/mol. The molecule has 2 unspecified atom stereocenters. The summed E-state index contributed by atoms with van der Waals surface area (Å²) in [4.78, 5) is 12.8. The Morgan fingerprint density at radius 2 is 1.08 bits per heavy atom. The van der Waals surface area contributed by atoms with Crippen LogP contribution in [0.5, 0.6) is 0 Å². The van der Waals surface area contributed by atoms with Crippen molar-refractivity contribution >= 4 is 5.78 Å². The average molecular weight is 322 g/mol. The minimum Gasteiger partial charge on any atom is -0.300 e. The molecule has 1 nitrogen and oxygen atoms in total. The Labute approximate surface area is 147 Å². The second-order valence-electron chi connectivity index (χ2n) is 6.74. The van der Waals surface area contributed by atoms with E-state index >= 15 is 0 Å². The zero-order valence-corrected chi connectivity index (χ0v) is 15.1. The van der Waals surface area contributed by atoms with Crippen molar-refractivity contribution in [2.45, 2.75) is 64.2 Å².